The first kappa shape index (κ1) is 6.59. The average Bonchev–Trinajstić information content (AvgIpc) is 2.46. The summed E-state index contributed by atoms with van der Waals surface area (Å²) < 4.78 is 12.2. The van der Waals surface area contributed by atoms with Crippen LogP contribution in [-0.4, -0.2) is 6.67 Å². The van der Waals surface area contributed by atoms with Gasteiger partial charge in [0.25, 0.3) is 0 Å². The van der Waals surface area contributed by atoms with Gasteiger partial charge >= 0.3 is 0 Å². The van der Waals surface area contributed by atoms with Crippen molar-refractivity contribution in [2.75, 3.05) is 6.67 Å². The average molecular weight is 148 g/mol. The molecule has 0 N–H and O–H groups in total. The van der Waals surface area contributed by atoms with Crippen molar-refractivity contribution in [3.05, 3.63) is 41.0 Å². The lowest BCUT2D eigenvalue weighted by atomic mass is 10.1. The van der Waals surface area contributed by atoms with Crippen LogP contribution in [0, 0.1) is 0 Å². The van der Waals surface area contributed by atoms with Crippen molar-refractivity contribution in [2.24, 2.45) is 0 Å². The number of halogens is 1. The topological polar surface area (TPSA) is 0 Å². The highest BCUT2D eigenvalue weighted by molar-refractivity contribution is 5.63. The molecule has 56 valence electrons. The number of hydrogen-bond acceptors (Lipinski definition) is 0. The summed E-state index contributed by atoms with van der Waals surface area (Å²) in [7, 11) is 0. The molecule has 0 amide bonds. The summed E-state index contributed by atoms with van der Waals surface area (Å²) >= 11 is 0. The minimum Gasteiger partial charge on any atom is -0.246 e. The molecule has 0 atom stereocenters. The van der Waals surface area contributed by atoms with Gasteiger partial charge < -0.3 is 0 Å². The highest BCUT2D eigenvalue weighted by atomic mass is 19.1. The molecule has 0 fully saturated rings. The standard InChI is InChI=1S/C10H9F/c11-7-8-5-9-3-1-2-4-10(9)6-8/h1-5H,6-7H2. The molecule has 2 rings (SSSR count). The Bertz CT molecular complexity index is 299. The minimum atomic E-state index is -0.311. The van der Waals surface area contributed by atoms with E-state index < -0.39 is 0 Å². The molecule has 1 aromatic rings. The Morgan fingerprint density at radius 2 is 2.09 bits per heavy atom. The molecule has 0 bridgehead atoms. The third kappa shape index (κ3) is 1.07. The van der Waals surface area contributed by atoms with Gasteiger partial charge in [-0.25, -0.2) is 4.39 Å². The number of benzene rings is 1. The number of rotatable bonds is 1. The summed E-state index contributed by atoms with van der Waals surface area (Å²) in [6, 6.07) is 8.05. The van der Waals surface area contributed by atoms with Crippen molar-refractivity contribution in [3.63, 3.8) is 0 Å². The van der Waals surface area contributed by atoms with Crippen LogP contribution in [0.1, 0.15) is 11.1 Å². The van der Waals surface area contributed by atoms with E-state index >= 15 is 0 Å². The van der Waals surface area contributed by atoms with Crippen LogP contribution in [0.3, 0.4) is 0 Å². The lowest BCUT2D eigenvalue weighted by Crippen LogP contribution is -1.84. The van der Waals surface area contributed by atoms with Gasteiger partial charge in [0.15, 0.2) is 0 Å². The van der Waals surface area contributed by atoms with E-state index in [1.165, 1.54) is 11.1 Å². The Morgan fingerprint density at radius 1 is 1.27 bits per heavy atom. The Labute approximate surface area is 65.4 Å². The van der Waals surface area contributed by atoms with Crippen molar-refractivity contribution in [2.45, 2.75) is 6.42 Å². The molecule has 0 nitrogen and oxygen atoms in total. The van der Waals surface area contributed by atoms with E-state index in [-0.39, 0.29) is 6.67 Å². The van der Waals surface area contributed by atoms with E-state index in [2.05, 4.69) is 6.07 Å². The van der Waals surface area contributed by atoms with E-state index in [0.717, 1.165) is 12.0 Å². The summed E-state index contributed by atoms with van der Waals surface area (Å²) in [5.74, 6) is 0. The maximum absolute atomic E-state index is 12.2. The van der Waals surface area contributed by atoms with Gasteiger partial charge in [-0.15, -0.1) is 0 Å². The van der Waals surface area contributed by atoms with Gasteiger partial charge in [0.2, 0.25) is 0 Å². The molecule has 0 aliphatic heterocycles. The van der Waals surface area contributed by atoms with Crippen molar-refractivity contribution in [1.29, 1.82) is 0 Å². The zero-order chi connectivity index (χ0) is 7.68. The fourth-order valence-electron chi connectivity index (χ4n) is 1.44. The quantitative estimate of drug-likeness (QED) is 0.574. The molecule has 0 radical (unpaired) electrons. The zero-order valence-corrected chi connectivity index (χ0v) is 6.18. The highest BCUT2D eigenvalue weighted by Crippen LogP contribution is 2.24. The van der Waals surface area contributed by atoms with E-state index in [9.17, 15) is 4.39 Å². The Kier molecular flexibility index (Phi) is 1.50. The van der Waals surface area contributed by atoms with Gasteiger partial charge in [-0.1, -0.05) is 30.3 Å². The van der Waals surface area contributed by atoms with Crippen LogP contribution in [0.4, 0.5) is 4.39 Å². The molecule has 0 unspecified atom stereocenters. The van der Waals surface area contributed by atoms with Crippen molar-refractivity contribution >= 4 is 6.08 Å². The predicted molar refractivity (Wildman–Crippen MR) is 44.1 cm³/mol. The second-order valence-electron chi connectivity index (χ2n) is 2.81. The molecule has 1 aliphatic carbocycles. The lowest BCUT2D eigenvalue weighted by Gasteiger charge is -1.94. The van der Waals surface area contributed by atoms with E-state index in [0.29, 0.717) is 0 Å². The van der Waals surface area contributed by atoms with Gasteiger partial charge in [0, 0.05) is 0 Å². The van der Waals surface area contributed by atoms with Crippen molar-refractivity contribution < 1.29 is 4.39 Å². The largest absolute Gasteiger partial charge is 0.246 e. The Morgan fingerprint density at radius 3 is 2.82 bits per heavy atom. The molecule has 0 aromatic heterocycles. The van der Waals surface area contributed by atoms with Gasteiger partial charge in [0.1, 0.15) is 6.67 Å². The maximum atomic E-state index is 12.2. The molecule has 1 aliphatic rings. The van der Waals surface area contributed by atoms with Crippen molar-refractivity contribution in [3.8, 4) is 0 Å². The zero-order valence-electron chi connectivity index (χ0n) is 6.18. The molecule has 0 saturated heterocycles. The van der Waals surface area contributed by atoms with Crippen LogP contribution in [0.5, 0.6) is 0 Å². The van der Waals surface area contributed by atoms with Gasteiger partial charge in [-0.3, -0.25) is 0 Å². The summed E-state index contributed by atoms with van der Waals surface area (Å²) in [6.45, 7) is -0.311. The van der Waals surface area contributed by atoms with Crippen LogP contribution in [0.25, 0.3) is 6.08 Å². The van der Waals surface area contributed by atoms with E-state index in [4.69, 9.17) is 0 Å². The third-order valence-electron chi connectivity index (χ3n) is 2.00. The smallest absolute Gasteiger partial charge is 0.111 e. The SMILES string of the molecule is FCC1=Cc2ccccc2C1. The molecule has 1 heteroatoms. The number of alkyl halides is 1. The first-order chi connectivity index (χ1) is 5.40. The Balaban J connectivity index is 2.39. The number of hydrogen-bond donors (Lipinski definition) is 0. The molecule has 0 heterocycles. The second-order valence-corrected chi connectivity index (χ2v) is 2.81. The first-order valence-corrected chi connectivity index (χ1v) is 3.73. The molecular weight excluding hydrogens is 139 g/mol. The van der Waals surface area contributed by atoms with Gasteiger partial charge in [-0.2, -0.15) is 0 Å². The monoisotopic (exact) mass is 148 g/mol. The third-order valence-corrected chi connectivity index (χ3v) is 2.00. The van der Waals surface area contributed by atoms with Crippen LogP contribution >= 0.6 is 0 Å². The molecule has 1 aromatic carbocycles. The lowest BCUT2D eigenvalue weighted by molar-refractivity contribution is 0.540. The molecule has 0 saturated carbocycles. The normalized spacial score (nSPS) is 14.5. The van der Waals surface area contributed by atoms with Crippen LogP contribution in [0.2, 0.25) is 0 Å². The Hall–Kier alpha value is -1.11. The maximum Gasteiger partial charge on any atom is 0.111 e. The van der Waals surface area contributed by atoms with E-state index in [1.54, 1.807) is 0 Å². The fourth-order valence-corrected chi connectivity index (χ4v) is 1.44. The molecule has 0 spiro atoms. The molecular formula is C10H9F. The van der Waals surface area contributed by atoms with Gasteiger partial charge in [0.05, 0.1) is 0 Å². The number of fused-ring (bicyclic) bond motifs is 1. The summed E-state index contributed by atoms with van der Waals surface area (Å²) in [5.41, 5.74) is 3.33. The number of allylic oxidation sites excluding steroid dienone is 1. The predicted octanol–water partition coefficient (Wildman–Crippen LogP) is 2.60. The highest BCUT2D eigenvalue weighted by Gasteiger charge is 2.10. The minimum absolute atomic E-state index is 0.311. The molecule has 11 heavy (non-hydrogen) atoms. The summed E-state index contributed by atoms with van der Waals surface area (Å²) in [5, 5.41) is 0. The summed E-state index contributed by atoms with van der Waals surface area (Å²) in [4.78, 5) is 0. The van der Waals surface area contributed by atoms with E-state index in [1.807, 2.05) is 24.3 Å². The van der Waals surface area contributed by atoms with Crippen LogP contribution in [-0.2, 0) is 6.42 Å². The first-order valence-electron chi connectivity index (χ1n) is 3.73. The second kappa shape index (κ2) is 2.50. The van der Waals surface area contributed by atoms with Crippen LogP contribution < -0.4 is 0 Å². The van der Waals surface area contributed by atoms with Crippen LogP contribution in [0.15, 0.2) is 29.8 Å². The van der Waals surface area contributed by atoms with Gasteiger partial charge in [-0.05, 0) is 23.1 Å². The summed E-state index contributed by atoms with van der Waals surface area (Å²) in [6.07, 6.45) is 2.74. The fraction of sp³-hybridized carbons (Fsp3) is 0.200. The van der Waals surface area contributed by atoms with Crippen molar-refractivity contribution in [1.82, 2.24) is 0 Å².